The maximum Gasteiger partial charge on any atom is 0.264 e. The monoisotopic (exact) mass is 657 g/mol. The Balaban J connectivity index is 1.83. The fourth-order valence-electron chi connectivity index (χ4n) is 5.11. The largest absolute Gasteiger partial charge is 0.493 e. The van der Waals surface area contributed by atoms with Crippen molar-refractivity contribution in [1.29, 1.82) is 0 Å². The van der Waals surface area contributed by atoms with Crippen molar-refractivity contribution in [1.82, 2.24) is 10.2 Å². The molecule has 0 bridgehead atoms. The number of aryl methyl sites for hydroxylation is 1. The Morgan fingerprint density at radius 3 is 2.02 bits per heavy atom. The summed E-state index contributed by atoms with van der Waals surface area (Å²) in [6, 6.07) is 28.8. The summed E-state index contributed by atoms with van der Waals surface area (Å²) < 4.78 is 40.4. The molecule has 10 heteroatoms. The first-order chi connectivity index (χ1) is 22.6. The van der Waals surface area contributed by atoms with Crippen molar-refractivity contribution >= 4 is 27.5 Å². The second-order valence-corrected chi connectivity index (χ2v) is 13.3. The number of nitrogens with one attached hydrogen (secondary N) is 1. The minimum absolute atomic E-state index is 0.0167. The van der Waals surface area contributed by atoms with E-state index in [1.807, 2.05) is 75.4 Å². The topological polar surface area (TPSA) is 105 Å². The zero-order valence-electron chi connectivity index (χ0n) is 27.6. The molecule has 0 spiro atoms. The molecule has 0 heterocycles. The molecule has 0 saturated heterocycles. The van der Waals surface area contributed by atoms with Gasteiger partial charge < -0.3 is 19.7 Å². The van der Waals surface area contributed by atoms with Crippen LogP contribution in [0, 0.1) is 6.92 Å². The first kappa shape index (κ1) is 35.0. The molecule has 0 unspecified atom stereocenters. The van der Waals surface area contributed by atoms with Crippen LogP contribution in [0.5, 0.6) is 11.5 Å². The van der Waals surface area contributed by atoms with Crippen LogP contribution in [0.15, 0.2) is 108 Å². The number of anilines is 1. The number of hydrogen-bond acceptors (Lipinski definition) is 6. The number of sulfonamides is 1. The van der Waals surface area contributed by atoms with Crippen molar-refractivity contribution in [3.8, 4) is 11.5 Å². The summed E-state index contributed by atoms with van der Waals surface area (Å²) in [7, 11) is -1.30. The molecule has 9 nitrogen and oxygen atoms in total. The van der Waals surface area contributed by atoms with Crippen LogP contribution in [0.2, 0.25) is 0 Å². The Labute approximate surface area is 278 Å². The Morgan fingerprint density at radius 2 is 1.43 bits per heavy atom. The number of rotatable bonds is 15. The second-order valence-electron chi connectivity index (χ2n) is 11.4. The predicted molar refractivity (Wildman–Crippen MR) is 184 cm³/mol. The number of nitrogens with zero attached hydrogens (tertiary/aromatic N) is 2. The van der Waals surface area contributed by atoms with Crippen LogP contribution >= 0.6 is 0 Å². The van der Waals surface area contributed by atoms with Crippen molar-refractivity contribution in [2.24, 2.45) is 0 Å². The van der Waals surface area contributed by atoms with E-state index in [1.54, 1.807) is 30.3 Å². The van der Waals surface area contributed by atoms with Gasteiger partial charge in [-0.3, -0.25) is 13.9 Å². The molecule has 0 aliphatic heterocycles. The van der Waals surface area contributed by atoms with Gasteiger partial charge in [0.05, 0.1) is 24.8 Å². The highest BCUT2D eigenvalue weighted by Crippen LogP contribution is 2.34. The third-order valence-corrected chi connectivity index (χ3v) is 9.80. The average molecular weight is 658 g/mol. The molecule has 0 aliphatic carbocycles. The molecule has 4 aromatic rings. The molecule has 1 N–H and O–H groups in total. The van der Waals surface area contributed by atoms with Gasteiger partial charge in [0.15, 0.2) is 11.5 Å². The summed E-state index contributed by atoms with van der Waals surface area (Å²) >= 11 is 0. The predicted octanol–water partition coefficient (Wildman–Crippen LogP) is 5.76. The van der Waals surface area contributed by atoms with Crippen LogP contribution in [0.25, 0.3) is 0 Å². The molecule has 0 fully saturated rings. The van der Waals surface area contributed by atoms with Gasteiger partial charge in [-0.2, -0.15) is 0 Å². The normalized spacial score (nSPS) is 12.4. The fraction of sp³-hybridized carbons (Fsp3) is 0.297. The van der Waals surface area contributed by atoms with Crippen molar-refractivity contribution in [3.05, 3.63) is 120 Å². The first-order valence-corrected chi connectivity index (χ1v) is 17.0. The first-order valence-electron chi connectivity index (χ1n) is 15.6. The van der Waals surface area contributed by atoms with Crippen LogP contribution in [0.4, 0.5) is 5.69 Å². The smallest absolute Gasteiger partial charge is 0.264 e. The zero-order chi connectivity index (χ0) is 34.0. The lowest BCUT2D eigenvalue weighted by molar-refractivity contribution is -0.140. The van der Waals surface area contributed by atoms with Crippen LogP contribution in [-0.2, 0) is 32.6 Å². The molecule has 47 heavy (non-hydrogen) atoms. The molecule has 248 valence electrons. The second kappa shape index (κ2) is 16.1. The standard InChI is InChI=1S/C37H43N3O6S/c1-6-28(3)38-37(42)33(23-29-13-9-7-10-14-29)39(25-30-19-17-27(2)18-20-30)36(41)26-40(47(43,44)32-15-11-8-12-16-32)31-21-22-34(45-4)35(24-31)46-5/h7-22,24,28,33H,6,23,25-26H2,1-5H3,(H,38,42)/t28-,33-/m0/s1. The van der Waals surface area contributed by atoms with Crippen LogP contribution in [0.3, 0.4) is 0 Å². The van der Waals surface area contributed by atoms with E-state index in [4.69, 9.17) is 9.47 Å². The highest BCUT2D eigenvalue weighted by atomic mass is 32.2. The minimum Gasteiger partial charge on any atom is -0.493 e. The number of benzene rings is 4. The molecular weight excluding hydrogens is 614 g/mol. The number of ether oxygens (including phenoxy) is 2. The van der Waals surface area contributed by atoms with Gasteiger partial charge in [-0.1, -0.05) is 85.3 Å². The summed E-state index contributed by atoms with van der Waals surface area (Å²) in [5.74, 6) is -0.144. The van der Waals surface area contributed by atoms with Gasteiger partial charge >= 0.3 is 0 Å². The lowest BCUT2D eigenvalue weighted by Crippen LogP contribution is -2.54. The van der Waals surface area contributed by atoms with Crippen LogP contribution < -0.4 is 19.1 Å². The van der Waals surface area contributed by atoms with Crippen molar-refractivity contribution in [3.63, 3.8) is 0 Å². The summed E-state index contributed by atoms with van der Waals surface area (Å²) in [4.78, 5) is 30.1. The number of hydrogen-bond donors (Lipinski definition) is 1. The van der Waals surface area contributed by atoms with Gasteiger partial charge in [-0.15, -0.1) is 0 Å². The van der Waals surface area contributed by atoms with E-state index in [9.17, 15) is 18.0 Å². The van der Waals surface area contributed by atoms with Gasteiger partial charge in [0.1, 0.15) is 12.6 Å². The van der Waals surface area contributed by atoms with E-state index in [0.29, 0.717) is 17.9 Å². The Bertz CT molecular complexity index is 1730. The summed E-state index contributed by atoms with van der Waals surface area (Å²) in [5, 5.41) is 3.05. The summed E-state index contributed by atoms with van der Waals surface area (Å²) in [6.07, 6.45) is 0.945. The molecule has 0 radical (unpaired) electrons. The highest BCUT2D eigenvalue weighted by Gasteiger charge is 2.35. The molecular formula is C37H43N3O6S. The molecule has 4 aromatic carbocycles. The maximum atomic E-state index is 14.6. The Hall–Kier alpha value is -4.83. The third-order valence-electron chi connectivity index (χ3n) is 8.01. The highest BCUT2D eigenvalue weighted by molar-refractivity contribution is 7.92. The maximum absolute atomic E-state index is 14.6. The summed E-state index contributed by atoms with van der Waals surface area (Å²) in [5.41, 5.74) is 2.93. The van der Waals surface area contributed by atoms with Crippen LogP contribution in [0.1, 0.15) is 37.0 Å². The molecule has 0 saturated carbocycles. The molecule has 0 aromatic heterocycles. The van der Waals surface area contributed by atoms with Gasteiger partial charge in [0.25, 0.3) is 10.0 Å². The van der Waals surface area contributed by atoms with Crippen molar-refractivity contribution in [2.45, 2.75) is 57.1 Å². The number of methoxy groups -OCH3 is 2. The van der Waals surface area contributed by atoms with E-state index in [-0.39, 0.29) is 35.5 Å². The van der Waals surface area contributed by atoms with Crippen LogP contribution in [-0.4, -0.2) is 58.0 Å². The van der Waals surface area contributed by atoms with Crippen molar-refractivity contribution in [2.75, 3.05) is 25.1 Å². The average Bonchev–Trinajstić information content (AvgIpc) is 3.09. The molecule has 0 aliphatic rings. The number of carbonyl (C=O) groups excluding carboxylic acids is 2. The van der Waals surface area contributed by atoms with Crippen molar-refractivity contribution < 1.29 is 27.5 Å². The lowest BCUT2D eigenvalue weighted by atomic mass is 10.0. The Morgan fingerprint density at radius 1 is 0.809 bits per heavy atom. The molecule has 2 amide bonds. The zero-order valence-corrected chi connectivity index (χ0v) is 28.4. The van der Waals surface area contributed by atoms with E-state index in [2.05, 4.69) is 5.32 Å². The third kappa shape index (κ3) is 8.92. The quantitative estimate of drug-likeness (QED) is 0.174. The van der Waals surface area contributed by atoms with E-state index in [1.165, 1.54) is 37.3 Å². The molecule has 4 rings (SSSR count). The minimum atomic E-state index is -4.24. The van der Waals surface area contributed by atoms with Gasteiger partial charge in [-0.25, -0.2) is 8.42 Å². The van der Waals surface area contributed by atoms with E-state index >= 15 is 0 Å². The molecule has 2 atom stereocenters. The van der Waals surface area contributed by atoms with Gasteiger partial charge in [0.2, 0.25) is 11.8 Å². The Kier molecular flexibility index (Phi) is 12.0. The number of amides is 2. The van der Waals surface area contributed by atoms with Gasteiger partial charge in [0, 0.05) is 25.1 Å². The van der Waals surface area contributed by atoms with E-state index in [0.717, 1.165) is 21.0 Å². The lowest BCUT2D eigenvalue weighted by Gasteiger charge is -2.34. The summed E-state index contributed by atoms with van der Waals surface area (Å²) in [6.45, 7) is 5.38. The fourth-order valence-corrected chi connectivity index (χ4v) is 6.54. The van der Waals surface area contributed by atoms with E-state index < -0.39 is 28.5 Å². The SMILES string of the molecule is CC[C@H](C)NC(=O)[C@H](Cc1ccccc1)N(Cc1ccc(C)cc1)C(=O)CN(c1ccc(OC)c(OC)c1)S(=O)(=O)c1ccccc1. The number of carbonyl (C=O) groups is 2. The van der Waals surface area contributed by atoms with Gasteiger partial charge in [-0.05, 0) is 55.7 Å².